The first-order valence-electron chi connectivity index (χ1n) is 7.08. The Hall–Kier alpha value is -1.29. The zero-order valence-electron chi connectivity index (χ0n) is 11.9. The van der Waals surface area contributed by atoms with E-state index in [1.54, 1.807) is 6.92 Å². The second kappa shape index (κ2) is 5.78. The Kier molecular flexibility index (Phi) is 4.30. The Labute approximate surface area is 114 Å². The third-order valence-corrected chi connectivity index (χ3v) is 4.45. The van der Waals surface area contributed by atoms with Crippen LogP contribution in [0.2, 0.25) is 0 Å². The largest absolute Gasteiger partial charge is 0.475 e. The van der Waals surface area contributed by atoms with Crippen molar-refractivity contribution in [2.75, 3.05) is 0 Å². The number of rotatable bonds is 5. The van der Waals surface area contributed by atoms with E-state index in [-0.39, 0.29) is 5.76 Å². The third-order valence-electron chi connectivity index (χ3n) is 4.45. The highest BCUT2D eigenvalue weighted by molar-refractivity contribution is 5.86. The van der Waals surface area contributed by atoms with Gasteiger partial charge in [0.05, 0.1) is 6.54 Å². The highest BCUT2D eigenvalue weighted by Gasteiger charge is 2.31. The van der Waals surface area contributed by atoms with Crippen molar-refractivity contribution in [3.63, 3.8) is 0 Å². The van der Waals surface area contributed by atoms with Crippen LogP contribution >= 0.6 is 0 Å². The van der Waals surface area contributed by atoms with E-state index < -0.39 is 5.97 Å². The molecule has 1 saturated carbocycles. The van der Waals surface area contributed by atoms with E-state index in [4.69, 9.17) is 9.52 Å². The molecule has 1 heterocycles. The number of furan rings is 1. The lowest BCUT2D eigenvalue weighted by Crippen LogP contribution is -2.32. The number of aromatic carboxylic acids is 1. The summed E-state index contributed by atoms with van der Waals surface area (Å²) in [5, 5.41) is 12.5. The number of carboxylic acids is 1. The minimum absolute atomic E-state index is 0.0581. The molecule has 0 saturated heterocycles. The zero-order valence-corrected chi connectivity index (χ0v) is 11.9. The molecule has 3 unspecified atom stereocenters. The Balaban J connectivity index is 1.93. The Bertz CT molecular complexity index is 452. The molecule has 0 aromatic carbocycles. The molecule has 1 aromatic heterocycles. The fourth-order valence-electron chi connectivity index (χ4n) is 3.19. The zero-order chi connectivity index (χ0) is 14.0. The van der Waals surface area contributed by atoms with Crippen LogP contribution < -0.4 is 5.32 Å². The van der Waals surface area contributed by atoms with Crippen LogP contribution in [-0.4, -0.2) is 17.1 Å². The monoisotopic (exact) mass is 265 g/mol. The van der Waals surface area contributed by atoms with Crippen LogP contribution in [0.25, 0.3) is 0 Å². The van der Waals surface area contributed by atoms with Crippen LogP contribution in [0.4, 0.5) is 0 Å². The van der Waals surface area contributed by atoms with Crippen molar-refractivity contribution in [2.24, 2.45) is 11.8 Å². The maximum absolute atomic E-state index is 10.9. The lowest BCUT2D eigenvalue weighted by molar-refractivity contribution is 0.0659. The van der Waals surface area contributed by atoms with E-state index in [1.807, 2.05) is 6.07 Å². The smallest absolute Gasteiger partial charge is 0.372 e. The predicted molar refractivity (Wildman–Crippen MR) is 73.2 cm³/mol. The lowest BCUT2D eigenvalue weighted by Gasteiger charge is -2.20. The number of hydrogen-bond donors (Lipinski definition) is 2. The highest BCUT2D eigenvalue weighted by atomic mass is 16.4. The molecule has 2 rings (SSSR count). The van der Waals surface area contributed by atoms with Crippen molar-refractivity contribution < 1.29 is 14.3 Å². The van der Waals surface area contributed by atoms with Gasteiger partial charge in [-0.2, -0.15) is 0 Å². The van der Waals surface area contributed by atoms with E-state index in [9.17, 15) is 4.79 Å². The number of carbonyl (C=O) groups is 1. The summed E-state index contributed by atoms with van der Waals surface area (Å²) in [6.45, 7) is 6.93. The SMILES string of the molecule is CCC1CCC(NCc2cc(C)c(C(=O)O)o2)C1C. The van der Waals surface area contributed by atoms with Crippen LogP contribution in [0.1, 0.15) is 55.0 Å². The van der Waals surface area contributed by atoms with Gasteiger partial charge in [0.25, 0.3) is 0 Å². The summed E-state index contributed by atoms with van der Waals surface area (Å²) in [6, 6.07) is 2.33. The van der Waals surface area contributed by atoms with Gasteiger partial charge < -0.3 is 14.8 Å². The number of hydrogen-bond acceptors (Lipinski definition) is 3. The average molecular weight is 265 g/mol. The molecule has 1 aliphatic carbocycles. The standard InChI is InChI=1S/C15H23NO3/c1-4-11-5-6-13(10(11)3)16-8-12-7-9(2)14(19-12)15(17)18/h7,10-11,13,16H,4-6,8H2,1-3H3,(H,17,18). The van der Waals surface area contributed by atoms with Crippen LogP contribution in [0.3, 0.4) is 0 Å². The molecular weight excluding hydrogens is 242 g/mol. The summed E-state index contributed by atoms with van der Waals surface area (Å²) >= 11 is 0. The molecule has 0 spiro atoms. The molecule has 4 nitrogen and oxygen atoms in total. The summed E-state index contributed by atoms with van der Waals surface area (Å²) in [4.78, 5) is 10.9. The van der Waals surface area contributed by atoms with Gasteiger partial charge in [0.15, 0.2) is 0 Å². The highest BCUT2D eigenvalue weighted by Crippen LogP contribution is 2.34. The number of aryl methyl sites for hydroxylation is 1. The average Bonchev–Trinajstić information content (AvgIpc) is 2.90. The first-order chi connectivity index (χ1) is 9.02. The van der Waals surface area contributed by atoms with E-state index in [2.05, 4.69) is 19.2 Å². The first-order valence-corrected chi connectivity index (χ1v) is 7.08. The fraction of sp³-hybridized carbons (Fsp3) is 0.667. The molecule has 19 heavy (non-hydrogen) atoms. The van der Waals surface area contributed by atoms with Crippen molar-refractivity contribution >= 4 is 5.97 Å². The third kappa shape index (κ3) is 3.00. The van der Waals surface area contributed by atoms with Gasteiger partial charge in [0, 0.05) is 11.6 Å². The van der Waals surface area contributed by atoms with Gasteiger partial charge in [-0.3, -0.25) is 0 Å². The molecule has 1 fully saturated rings. The number of carboxylic acid groups (broad SMARTS) is 1. The van der Waals surface area contributed by atoms with Gasteiger partial charge in [-0.25, -0.2) is 4.79 Å². The van der Waals surface area contributed by atoms with Crippen molar-refractivity contribution in [3.05, 3.63) is 23.2 Å². The van der Waals surface area contributed by atoms with Crippen molar-refractivity contribution in [2.45, 2.75) is 52.6 Å². The first kappa shape index (κ1) is 14.1. The molecule has 1 aromatic rings. The second-order valence-corrected chi connectivity index (χ2v) is 5.62. The van der Waals surface area contributed by atoms with Gasteiger partial charge >= 0.3 is 5.97 Å². The van der Waals surface area contributed by atoms with Crippen molar-refractivity contribution in [3.8, 4) is 0 Å². The molecule has 3 atom stereocenters. The Morgan fingerprint density at radius 1 is 1.53 bits per heavy atom. The van der Waals surface area contributed by atoms with Crippen LogP contribution in [0.15, 0.2) is 10.5 Å². The summed E-state index contributed by atoms with van der Waals surface area (Å²) < 4.78 is 5.36. The molecule has 4 heteroatoms. The fourth-order valence-corrected chi connectivity index (χ4v) is 3.19. The molecule has 0 radical (unpaired) electrons. The van der Waals surface area contributed by atoms with E-state index in [1.165, 1.54) is 19.3 Å². The molecule has 0 bridgehead atoms. The topological polar surface area (TPSA) is 62.5 Å². The van der Waals surface area contributed by atoms with Crippen LogP contribution in [-0.2, 0) is 6.54 Å². The molecular formula is C15H23NO3. The van der Waals surface area contributed by atoms with E-state index in [0.29, 0.717) is 29.8 Å². The Morgan fingerprint density at radius 3 is 2.79 bits per heavy atom. The second-order valence-electron chi connectivity index (χ2n) is 5.62. The lowest BCUT2D eigenvalue weighted by atomic mass is 9.93. The van der Waals surface area contributed by atoms with E-state index in [0.717, 1.165) is 5.92 Å². The van der Waals surface area contributed by atoms with Gasteiger partial charge in [-0.1, -0.05) is 20.3 Å². The predicted octanol–water partition coefficient (Wildman–Crippen LogP) is 3.20. The maximum Gasteiger partial charge on any atom is 0.372 e. The maximum atomic E-state index is 10.9. The summed E-state index contributed by atoms with van der Waals surface area (Å²) in [7, 11) is 0. The molecule has 2 N–H and O–H groups in total. The molecule has 0 aliphatic heterocycles. The normalized spacial score (nSPS) is 26.8. The summed E-state index contributed by atoms with van der Waals surface area (Å²) in [5.41, 5.74) is 0.690. The Morgan fingerprint density at radius 2 is 2.26 bits per heavy atom. The van der Waals surface area contributed by atoms with Crippen molar-refractivity contribution in [1.82, 2.24) is 5.32 Å². The van der Waals surface area contributed by atoms with Crippen LogP contribution in [0.5, 0.6) is 0 Å². The van der Waals surface area contributed by atoms with Gasteiger partial charge in [-0.15, -0.1) is 0 Å². The summed E-state index contributed by atoms with van der Waals surface area (Å²) in [5.74, 6) is 1.26. The minimum atomic E-state index is -0.996. The van der Waals surface area contributed by atoms with E-state index >= 15 is 0 Å². The quantitative estimate of drug-likeness (QED) is 0.858. The van der Waals surface area contributed by atoms with Gasteiger partial charge in [0.2, 0.25) is 5.76 Å². The molecule has 106 valence electrons. The number of nitrogens with one attached hydrogen (secondary N) is 1. The van der Waals surface area contributed by atoms with Gasteiger partial charge in [-0.05, 0) is 37.7 Å². The van der Waals surface area contributed by atoms with Gasteiger partial charge in [0.1, 0.15) is 5.76 Å². The molecule has 0 amide bonds. The van der Waals surface area contributed by atoms with Crippen LogP contribution in [0, 0.1) is 18.8 Å². The molecule has 1 aliphatic rings. The summed E-state index contributed by atoms with van der Waals surface area (Å²) in [6.07, 6.45) is 3.72. The minimum Gasteiger partial charge on any atom is -0.475 e. The van der Waals surface area contributed by atoms with Crippen molar-refractivity contribution in [1.29, 1.82) is 0 Å².